The van der Waals surface area contributed by atoms with Crippen LogP contribution in [0.15, 0.2) is 24.3 Å². The topological polar surface area (TPSA) is 233 Å². The summed E-state index contributed by atoms with van der Waals surface area (Å²) in [6, 6.07) is 4.99. The molecule has 19 heteroatoms. The van der Waals surface area contributed by atoms with E-state index >= 15 is 0 Å². The lowest BCUT2D eigenvalue weighted by atomic mass is 9.68. The van der Waals surface area contributed by atoms with E-state index in [9.17, 15) is 44.2 Å². The summed E-state index contributed by atoms with van der Waals surface area (Å²) in [5.74, 6) is -8.22. The van der Waals surface area contributed by atoms with Crippen molar-refractivity contribution in [1.29, 1.82) is 0 Å². The highest BCUT2D eigenvalue weighted by Crippen LogP contribution is 2.52. The fourth-order valence-electron chi connectivity index (χ4n) is 7.30. The third kappa shape index (κ3) is 7.69. The first kappa shape index (κ1) is 40.8. The highest BCUT2D eigenvalue weighted by atomic mass is 16.9. The Bertz CT molecular complexity index is 1760. The Hall–Kier alpha value is -6.01. The van der Waals surface area contributed by atoms with Gasteiger partial charge in [-0.25, -0.2) is 0 Å². The van der Waals surface area contributed by atoms with E-state index < -0.39 is 98.3 Å². The minimum absolute atomic E-state index is 0.0585. The van der Waals surface area contributed by atoms with Gasteiger partial charge in [-0.2, -0.15) is 4.79 Å². The lowest BCUT2D eigenvalue weighted by Crippen LogP contribution is -2.40. The molecule has 4 amide bonds. The summed E-state index contributed by atoms with van der Waals surface area (Å²) < 4.78 is 21.1. The molecule has 0 spiro atoms. The standard InChI is InChI=1S/C35H42N4O15/c1-34(2,3)29(17-11-23(49-7)25(51-9)15-21(17)38(45)46)19-13-27(40)36(31(19)42)53-33(44)54-37-28(41)14-20(32(37)43)30(35(4,5)6)18-12-24(50-8)26(52-10)16-22(18)39(47)48/h11-12,15-16,19-20,29-30H,13-14H2,1-10H3. The second-order valence-electron chi connectivity index (χ2n) is 14.8. The van der Waals surface area contributed by atoms with Crippen molar-refractivity contribution >= 4 is 41.2 Å². The molecule has 4 atom stereocenters. The number of methoxy groups -OCH3 is 4. The number of nitro benzene ring substituents is 2. The van der Waals surface area contributed by atoms with Crippen LogP contribution in [0, 0.1) is 42.9 Å². The van der Waals surface area contributed by atoms with Gasteiger partial charge in [0.25, 0.3) is 35.0 Å². The Balaban J connectivity index is 1.61. The number of carbonyl (C=O) groups excluding carboxylic acids is 5. The number of benzene rings is 2. The summed E-state index contributed by atoms with van der Waals surface area (Å²) in [7, 11) is 5.25. The highest BCUT2D eigenvalue weighted by Gasteiger charge is 2.53. The second-order valence-corrected chi connectivity index (χ2v) is 14.8. The van der Waals surface area contributed by atoms with Crippen molar-refractivity contribution in [3.63, 3.8) is 0 Å². The minimum Gasteiger partial charge on any atom is -0.493 e. The number of nitrogens with zero attached hydrogens (tertiary/aromatic N) is 4. The molecule has 4 rings (SSSR count). The van der Waals surface area contributed by atoms with Crippen LogP contribution >= 0.6 is 0 Å². The average Bonchev–Trinajstić information content (AvgIpc) is 3.50. The number of hydroxylamine groups is 4. The first-order valence-electron chi connectivity index (χ1n) is 16.5. The molecule has 2 heterocycles. The molecule has 54 heavy (non-hydrogen) atoms. The fraction of sp³-hybridized carbons (Fsp3) is 0.514. The smallest absolute Gasteiger partial charge is 0.493 e. The number of ether oxygens (including phenoxy) is 4. The van der Waals surface area contributed by atoms with Gasteiger partial charge >= 0.3 is 6.16 Å². The maximum absolute atomic E-state index is 13.8. The predicted octanol–water partition coefficient (Wildman–Crippen LogP) is 5.23. The molecule has 0 aromatic heterocycles. The third-order valence-corrected chi connectivity index (χ3v) is 9.41. The van der Waals surface area contributed by atoms with E-state index in [4.69, 9.17) is 28.6 Å². The Morgan fingerprint density at radius 3 is 1.19 bits per heavy atom. The first-order chi connectivity index (χ1) is 25.1. The molecular formula is C35H42N4O15. The molecular weight excluding hydrogens is 716 g/mol. The Kier molecular flexibility index (Phi) is 11.4. The van der Waals surface area contributed by atoms with Crippen LogP contribution in [-0.4, -0.2) is 78.2 Å². The normalized spacial score (nSPS) is 18.7. The average molecular weight is 759 g/mol. The largest absolute Gasteiger partial charge is 0.560 e. The Morgan fingerprint density at radius 2 is 0.926 bits per heavy atom. The minimum atomic E-state index is -1.78. The summed E-state index contributed by atoms with van der Waals surface area (Å²) >= 11 is 0. The molecule has 292 valence electrons. The molecule has 0 saturated carbocycles. The molecule has 2 aromatic rings. The van der Waals surface area contributed by atoms with Crippen LogP contribution in [0.1, 0.15) is 77.3 Å². The number of nitro groups is 2. The molecule has 4 unspecified atom stereocenters. The van der Waals surface area contributed by atoms with E-state index in [-0.39, 0.29) is 44.3 Å². The maximum atomic E-state index is 13.8. The van der Waals surface area contributed by atoms with Crippen LogP contribution < -0.4 is 18.9 Å². The number of amides is 4. The number of hydrogen-bond acceptors (Lipinski definition) is 15. The zero-order valence-electron chi connectivity index (χ0n) is 31.4. The van der Waals surface area contributed by atoms with Gasteiger partial charge in [0, 0.05) is 35.8 Å². The van der Waals surface area contributed by atoms with Crippen LogP contribution in [0.2, 0.25) is 0 Å². The van der Waals surface area contributed by atoms with Crippen molar-refractivity contribution in [3.05, 3.63) is 55.6 Å². The molecule has 0 radical (unpaired) electrons. The molecule has 2 aliphatic rings. The summed E-state index contributed by atoms with van der Waals surface area (Å²) in [6.07, 6.45) is -2.84. The zero-order valence-corrected chi connectivity index (χ0v) is 31.4. The molecule has 0 aliphatic carbocycles. The molecule has 2 fully saturated rings. The van der Waals surface area contributed by atoms with Crippen molar-refractivity contribution in [2.75, 3.05) is 28.4 Å². The van der Waals surface area contributed by atoms with Gasteiger partial charge in [0.05, 0.1) is 62.3 Å². The molecule has 0 N–H and O–H groups in total. The highest BCUT2D eigenvalue weighted by molar-refractivity contribution is 6.05. The Morgan fingerprint density at radius 1 is 0.630 bits per heavy atom. The van der Waals surface area contributed by atoms with Gasteiger partial charge in [0.1, 0.15) is 0 Å². The SMILES string of the molecule is COc1cc(C(C2CC(=O)N(OC(=O)ON3C(=O)CC(C(c4cc(OC)c(OC)cc4[N+](=O)[O-])C(C)(C)C)C3=O)C2=O)C(C)(C)C)c([N+](=O)[O-])cc1OC. The predicted molar refractivity (Wildman–Crippen MR) is 184 cm³/mol. The van der Waals surface area contributed by atoms with E-state index in [0.29, 0.717) is 0 Å². The van der Waals surface area contributed by atoms with Crippen molar-refractivity contribution < 1.29 is 62.4 Å². The van der Waals surface area contributed by atoms with E-state index in [2.05, 4.69) is 0 Å². The van der Waals surface area contributed by atoms with Gasteiger partial charge in [-0.3, -0.25) is 49.1 Å². The summed E-state index contributed by atoms with van der Waals surface area (Å²) in [4.78, 5) is 99.8. The third-order valence-electron chi connectivity index (χ3n) is 9.41. The van der Waals surface area contributed by atoms with E-state index in [1.54, 1.807) is 41.5 Å². The maximum Gasteiger partial charge on any atom is 0.560 e. The molecule has 19 nitrogen and oxygen atoms in total. The fourth-order valence-corrected chi connectivity index (χ4v) is 7.30. The monoisotopic (exact) mass is 758 g/mol. The molecule has 0 bridgehead atoms. The number of rotatable bonds is 12. The number of hydrogen-bond donors (Lipinski definition) is 0. The first-order valence-corrected chi connectivity index (χ1v) is 16.5. The van der Waals surface area contributed by atoms with Crippen molar-refractivity contribution in [2.24, 2.45) is 22.7 Å². The van der Waals surface area contributed by atoms with Crippen LogP contribution in [0.4, 0.5) is 16.2 Å². The van der Waals surface area contributed by atoms with E-state index in [1.165, 1.54) is 40.6 Å². The van der Waals surface area contributed by atoms with Gasteiger partial charge in [-0.1, -0.05) is 51.7 Å². The lowest BCUT2D eigenvalue weighted by molar-refractivity contribution is -0.386. The van der Waals surface area contributed by atoms with Crippen LogP contribution in [-0.2, 0) is 28.9 Å². The molecule has 2 aromatic carbocycles. The number of imide groups is 2. The van der Waals surface area contributed by atoms with Gasteiger partial charge in [0.15, 0.2) is 23.0 Å². The van der Waals surface area contributed by atoms with E-state index in [1.807, 2.05) is 0 Å². The second kappa shape index (κ2) is 15.2. The van der Waals surface area contributed by atoms with Crippen molar-refractivity contribution in [3.8, 4) is 23.0 Å². The van der Waals surface area contributed by atoms with Crippen molar-refractivity contribution in [1.82, 2.24) is 10.1 Å². The summed E-state index contributed by atoms with van der Waals surface area (Å²) in [6.45, 7) is 10.2. The summed E-state index contributed by atoms with van der Waals surface area (Å²) in [5.41, 5.74) is -2.47. The molecule has 2 saturated heterocycles. The van der Waals surface area contributed by atoms with E-state index in [0.717, 1.165) is 12.1 Å². The van der Waals surface area contributed by atoms with Gasteiger partial charge < -0.3 is 18.9 Å². The lowest BCUT2D eigenvalue weighted by Gasteiger charge is -2.34. The van der Waals surface area contributed by atoms with Gasteiger partial charge in [-0.15, -0.1) is 0 Å². The van der Waals surface area contributed by atoms with Gasteiger partial charge in [-0.05, 0) is 23.0 Å². The van der Waals surface area contributed by atoms with Gasteiger partial charge in [0.2, 0.25) is 0 Å². The Labute approximate surface area is 309 Å². The van der Waals surface area contributed by atoms with Crippen LogP contribution in [0.3, 0.4) is 0 Å². The quantitative estimate of drug-likeness (QED) is 0.153. The zero-order chi connectivity index (χ0) is 40.6. The van der Waals surface area contributed by atoms with Crippen molar-refractivity contribution in [2.45, 2.75) is 66.2 Å². The van der Waals surface area contributed by atoms with Crippen LogP contribution in [0.25, 0.3) is 0 Å². The van der Waals surface area contributed by atoms with Crippen LogP contribution in [0.5, 0.6) is 23.0 Å². The molecule has 2 aliphatic heterocycles. The summed E-state index contributed by atoms with van der Waals surface area (Å²) in [5, 5.41) is 24.6. The number of carbonyl (C=O) groups is 5.